The Morgan fingerprint density at radius 3 is 2.80 bits per heavy atom. The maximum absolute atomic E-state index is 5.95. The van der Waals surface area contributed by atoms with Gasteiger partial charge in [0, 0.05) is 32.8 Å². The molecular formula is C19H27N5O. The molecule has 0 aliphatic carbocycles. The molecule has 0 saturated carbocycles. The van der Waals surface area contributed by atoms with Crippen LogP contribution in [0.25, 0.3) is 0 Å². The van der Waals surface area contributed by atoms with Crippen LogP contribution in [0.5, 0.6) is 5.75 Å². The maximum Gasteiger partial charge on any atom is 0.191 e. The van der Waals surface area contributed by atoms with Crippen LogP contribution in [0.4, 0.5) is 0 Å². The van der Waals surface area contributed by atoms with Crippen molar-refractivity contribution < 1.29 is 4.74 Å². The van der Waals surface area contributed by atoms with Crippen molar-refractivity contribution in [2.75, 3.05) is 20.1 Å². The summed E-state index contributed by atoms with van der Waals surface area (Å²) in [5, 5.41) is 11.2. The minimum atomic E-state index is 0.152. The second-order valence-electron chi connectivity index (χ2n) is 6.45. The van der Waals surface area contributed by atoms with Gasteiger partial charge in [0.15, 0.2) is 5.96 Å². The summed E-state index contributed by atoms with van der Waals surface area (Å²) < 4.78 is 7.89. The van der Waals surface area contributed by atoms with Crippen molar-refractivity contribution in [1.82, 2.24) is 20.4 Å². The number of fused-ring (bicyclic) bond motifs is 1. The van der Waals surface area contributed by atoms with Gasteiger partial charge in [-0.15, -0.1) is 0 Å². The van der Waals surface area contributed by atoms with Gasteiger partial charge in [-0.1, -0.05) is 18.2 Å². The number of aryl methyl sites for hydroxylation is 2. The number of ether oxygens (including phenoxy) is 1. The highest BCUT2D eigenvalue weighted by Gasteiger charge is 2.22. The first-order chi connectivity index (χ1) is 12.1. The Kier molecular flexibility index (Phi) is 5.26. The first kappa shape index (κ1) is 17.3. The second kappa shape index (κ2) is 7.59. The number of aromatic nitrogens is 2. The van der Waals surface area contributed by atoms with Crippen LogP contribution in [0.1, 0.15) is 22.5 Å². The van der Waals surface area contributed by atoms with Crippen LogP contribution >= 0.6 is 0 Å². The molecule has 25 heavy (non-hydrogen) atoms. The van der Waals surface area contributed by atoms with E-state index < -0.39 is 0 Å². The molecule has 2 aromatic rings. The molecule has 6 heteroatoms. The highest BCUT2D eigenvalue weighted by molar-refractivity contribution is 5.79. The number of hydrogen-bond acceptors (Lipinski definition) is 3. The van der Waals surface area contributed by atoms with Crippen molar-refractivity contribution in [2.45, 2.75) is 32.8 Å². The lowest BCUT2D eigenvalue weighted by Crippen LogP contribution is -2.42. The van der Waals surface area contributed by atoms with Gasteiger partial charge >= 0.3 is 0 Å². The minimum Gasteiger partial charge on any atom is -0.488 e. The molecule has 2 heterocycles. The van der Waals surface area contributed by atoms with Crippen molar-refractivity contribution in [2.24, 2.45) is 12.0 Å². The van der Waals surface area contributed by atoms with E-state index in [-0.39, 0.29) is 6.10 Å². The molecule has 0 radical (unpaired) electrons. The Bertz CT molecular complexity index is 740. The summed E-state index contributed by atoms with van der Waals surface area (Å²) in [6.45, 7) is 5.72. The van der Waals surface area contributed by atoms with Crippen LogP contribution in [-0.2, 0) is 19.9 Å². The van der Waals surface area contributed by atoms with Crippen LogP contribution < -0.4 is 15.4 Å². The molecule has 1 atom stereocenters. The van der Waals surface area contributed by atoms with E-state index in [1.807, 2.05) is 23.9 Å². The summed E-state index contributed by atoms with van der Waals surface area (Å²) in [6, 6.07) is 8.22. The summed E-state index contributed by atoms with van der Waals surface area (Å²) >= 11 is 0. The largest absolute Gasteiger partial charge is 0.488 e. The summed E-state index contributed by atoms with van der Waals surface area (Å²) in [5.41, 5.74) is 4.90. The van der Waals surface area contributed by atoms with Crippen LogP contribution in [-0.4, -0.2) is 42.0 Å². The fourth-order valence-electron chi connectivity index (χ4n) is 3.28. The molecule has 6 nitrogen and oxygen atoms in total. The van der Waals surface area contributed by atoms with E-state index >= 15 is 0 Å². The summed E-state index contributed by atoms with van der Waals surface area (Å²) in [4.78, 5) is 4.30. The molecule has 0 bridgehead atoms. The first-order valence-corrected chi connectivity index (χ1v) is 8.76. The lowest BCUT2D eigenvalue weighted by molar-refractivity contribution is 0.235. The molecule has 1 aliphatic rings. The molecular weight excluding hydrogens is 314 g/mol. The molecule has 3 rings (SSSR count). The number of hydrogen-bond donors (Lipinski definition) is 2. The summed E-state index contributed by atoms with van der Waals surface area (Å²) in [5.74, 6) is 1.80. The lowest BCUT2D eigenvalue weighted by Gasteiger charge is -2.15. The van der Waals surface area contributed by atoms with E-state index in [0.29, 0.717) is 0 Å². The van der Waals surface area contributed by atoms with Gasteiger partial charge in [0.05, 0.1) is 12.2 Å². The Morgan fingerprint density at radius 2 is 2.12 bits per heavy atom. The van der Waals surface area contributed by atoms with Gasteiger partial charge in [-0.3, -0.25) is 9.67 Å². The van der Waals surface area contributed by atoms with Gasteiger partial charge in [-0.2, -0.15) is 5.10 Å². The zero-order chi connectivity index (χ0) is 17.8. The van der Waals surface area contributed by atoms with Crippen LogP contribution in [0, 0.1) is 13.8 Å². The normalized spacial score (nSPS) is 16.5. The van der Waals surface area contributed by atoms with Gasteiger partial charge in [0.1, 0.15) is 11.9 Å². The number of guanidine groups is 1. The van der Waals surface area contributed by atoms with Crippen molar-refractivity contribution in [3.8, 4) is 5.75 Å². The molecule has 0 amide bonds. The molecule has 1 aromatic carbocycles. The Balaban J connectivity index is 1.45. The van der Waals surface area contributed by atoms with Gasteiger partial charge in [0.2, 0.25) is 0 Å². The molecule has 0 fully saturated rings. The second-order valence-corrected chi connectivity index (χ2v) is 6.45. The van der Waals surface area contributed by atoms with Gasteiger partial charge in [-0.05, 0) is 37.5 Å². The summed E-state index contributed by atoms with van der Waals surface area (Å²) in [6.07, 6.45) is 2.02. The zero-order valence-electron chi connectivity index (χ0n) is 15.5. The average molecular weight is 341 g/mol. The van der Waals surface area contributed by atoms with Crippen LogP contribution in [0.2, 0.25) is 0 Å². The number of nitrogens with one attached hydrogen (secondary N) is 2. The summed E-state index contributed by atoms with van der Waals surface area (Å²) in [7, 11) is 3.78. The fraction of sp³-hybridized carbons (Fsp3) is 0.474. The van der Waals surface area contributed by atoms with Gasteiger partial charge in [0.25, 0.3) is 0 Å². The van der Waals surface area contributed by atoms with Crippen LogP contribution in [0.15, 0.2) is 29.3 Å². The monoisotopic (exact) mass is 341 g/mol. The fourth-order valence-corrected chi connectivity index (χ4v) is 3.28. The van der Waals surface area contributed by atoms with Gasteiger partial charge in [-0.25, -0.2) is 0 Å². The molecule has 1 aromatic heterocycles. The van der Waals surface area contributed by atoms with Crippen molar-refractivity contribution in [3.05, 3.63) is 46.8 Å². The SMILES string of the molecule is CN=C(NCCc1c(C)nn(C)c1C)NCC1Cc2ccccc2O1. The first-order valence-electron chi connectivity index (χ1n) is 8.76. The van der Waals surface area contributed by atoms with Crippen molar-refractivity contribution in [1.29, 1.82) is 0 Å². The topological polar surface area (TPSA) is 63.5 Å². The van der Waals surface area contributed by atoms with Gasteiger partial charge < -0.3 is 15.4 Å². The lowest BCUT2D eigenvalue weighted by atomic mass is 10.1. The minimum absolute atomic E-state index is 0.152. The molecule has 1 aliphatic heterocycles. The highest BCUT2D eigenvalue weighted by Crippen LogP contribution is 2.27. The molecule has 134 valence electrons. The third kappa shape index (κ3) is 3.95. The average Bonchev–Trinajstić information content (AvgIpc) is 3.12. The van der Waals surface area contributed by atoms with Crippen molar-refractivity contribution >= 4 is 5.96 Å². The predicted molar refractivity (Wildman–Crippen MR) is 100 cm³/mol. The van der Waals surface area contributed by atoms with E-state index in [1.165, 1.54) is 16.8 Å². The number of rotatable bonds is 5. The Labute approximate surface area is 149 Å². The number of benzene rings is 1. The zero-order valence-corrected chi connectivity index (χ0v) is 15.5. The smallest absolute Gasteiger partial charge is 0.191 e. The van der Waals surface area contributed by atoms with E-state index in [9.17, 15) is 0 Å². The Morgan fingerprint density at radius 1 is 1.32 bits per heavy atom. The molecule has 2 N–H and O–H groups in total. The van der Waals surface area contributed by atoms with E-state index in [1.54, 1.807) is 7.05 Å². The third-order valence-corrected chi connectivity index (χ3v) is 4.76. The molecule has 0 saturated heterocycles. The number of aliphatic imine (C=N–C) groups is 1. The van der Waals surface area contributed by atoms with Crippen LogP contribution in [0.3, 0.4) is 0 Å². The Hall–Kier alpha value is -2.50. The van der Waals surface area contributed by atoms with E-state index in [2.05, 4.69) is 46.7 Å². The maximum atomic E-state index is 5.95. The third-order valence-electron chi connectivity index (χ3n) is 4.76. The van der Waals surface area contributed by atoms with E-state index in [0.717, 1.165) is 43.3 Å². The van der Waals surface area contributed by atoms with Crippen molar-refractivity contribution in [3.63, 3.8) is 0 Å². The molecule has 1 unspecified atom stereocenters. The highest BCUT2D eigenvalue weighted by atomic mass is 16.5. The molecule has 0 spiro atoms. The quantitative estimate of drug-likeness (QED) is 0.642. The standard InChI is InChI=1S/C19H27N5O/c1-13-17(14(2)24(4)23-13)9-10-21-19(20-3)22-12-16-11-15-7-5-6-8-18(15)25-16/h5-8,16H,9-12H2,1-4H3,(H2,20,21,22). The van der Waals surface area contributed by atoms with E-state index in [4.69, 9.17) is 4.74 Å². The number of para-hydroxylation sites is 1. The number of nitrogens with zero attached hydrogens (tertiary/aromatic N) is 3. The predicted octanol–water partition coefficient (Wildman–Crippen LogP) is 1.75.